The molecule has 2 amide bonds. The Bertz CT molecular complexity index is 1350. The minimum atomic E-state index is -0.302. The van der Waals surface area contributed by atoms with Gasteiger partial charge in [0.15, 0.2) is 0 Å². The summed E-state index contributed by atoms with van der Waals surface area (Å²) in [5, 5.41) is 1.15. The van der Waals surface area contributed by atoms with Gasteiger partial charge in [-0.15, -0.1) is 0 Å². The van der Waals surface area contributed by atoms with Crippen LogP contribution >= 0.6 is 0 Å². The van der Waals surface area contributed by atoms with Crippen LogP contribution in [0.3, 0.4) is 0 Å². The fourth-order valence-electron chi connectivity index (χ4n) is 4.79. The number of amides is 2. The lowest BCUT2D eigenvalue weighted by atomic mass is 10.1. The monoisotopic (exact) mass is 497 g/mol. The van der Waals surface area contributed by atoms with Crippen molar-refractivity contribution in [2.45, 2.75) is 44.7 Å². The van der Waals surface area contributed by atoms with Crippen LogP contribution in [-0.2, 0) is 29.0 Å². The first-order chi connectivity index (χ1) is 18.1. The Kier molecular flexibility index (Phi) is 7.64. The summed E-state index contributed by atoms with van der Waals surface area (Å²) in [4.78, 5) is 33.6. The number of benzene rings is 3. The quantitative estimate of drug-likeness (QED) is 0.297. The number of aryl methyl sites for hydroxylation is 1. The standard InChI is InChI=1S/C31H32FN3O2/c32-26-13-10-24(11-14-26)21-34(19-18-25-20-33-29-9-5-4-8-28(25)29)31(37)22-35(27-15-16-27)30(36)17-12-23-6-2-1-3-7-23/h1-11,13-14,20,27,33H,12,15-19,21-22H2. The number of halogens is 1. The maximum atomic E-state index is 13.6. The van der Waals surface area contributed by atoms with Gasteiger partial charge in [-0.2, -0.15) is 0 Å². The van der Waals surface area contributed by atoms with Crippen molar-refractivity contribution in [2.75, 3.05) is 13.1 Å². The lowest BCUT2D eigenvalue weighted by molar-refractivity contribution is -0.141. The average molecular weight is 498 g/mol. The van der Waals surface area contributed by atoms with Gasteiger partial charge in [0.2, 0.25) is 11.8 Å². The summed E-state index contributed by atoms with van der Waals surface area (Å²) in [7, 11) is 0. The van der Waals surface area contributed by atoms with Gasteiger partial charge in [0.1, 0.15) is 12.4 Å². The molecule has 0 unspecified atom stereocenters. The smallest absolute Gasteiger partial charge is 0.242 e. The third-order valence-corrected chi connectivity index (χ3v) is 7.05. The van der Waals surface area contributed by atoms with Crippen molar-refractivity contribution in [1.82, 2.24) is 14.8 Å². The summed E-state index contributed by atoms with van der Waals surface area (Å²) < 4.78 is 13.5. The summed E-state index contributed by atoms with van der Waals surface area (Å²) in [6.07, 6.45) is 5.62. The fourth-order valence-corrected chi connectivity index (χ4v) is 4.79. The molecule has 1 aliphatic rings. The first kappa shape index (κ1) is 24.8. The second-order valence-electron chi connectivity index (χ2n) is 9.79. The van der Waals surface area contributed by atoms with Crippen LogP contribution in [0.5, 0.6) is 0 Å². The zero-order valence-electron chi connectivity index (χ0n) is 20.9. The number of aromatic amines is 1. The normalized spacial score (nSPS) is 13.0. The number of carbonyl (C=O) groups is 2. The number of carbonyl (C=O) groups excluding carboxylic acids is 2. The van der Waals surface area contributed by atoms with Crippen molar-refractivity contribution >= 4 is 22.7 Å². The molecule has 1 aliphatic carbocycles. The molecule has 0 saturated heterocycles. The van der Waals surface area contributed by atoms with Crippen molar-refractivity contribution in [3.05, 3.63) is 108 Å². The van der Waals surface area contributed by atoms with Crippen molar-refractivity contribution in [3.63, 3.8) is 0 Å². The molecule has 0 radical (unpaired) electrons. The van der Waals surface area contributed by atoms with Gasteiger partial charge in [0.05, 0.1) is 0 Å². The number of fused-ring (bicyclic) bond motifs is 1. The second kappa shape index (κ2) is 11.4. The summed E-state index contributed by atoms with van der Waals surface area (Å²) in [5.74, 6) is -0.355. The van der Waals surface area contributed by atoms with Gasteiger partial charge in [-0.1, -0.05) is 60.7 Å². The molecule has 0 aliphatic heterocycles. The van der Waals surface area contributed by atoms with Crippen LogP contribution in [0.25, 0.3) is 10.9 Å². The number of aromatic nitrogens is 1. The van der Waals surface area contributed by atoms with Crippen molar-refractivity contribution in [3.8, 4) is 0 Å². The molecule has 6 heteroatoms. The number of hydrogen-bond acceptors (Lipinski definition) is 2. The molecule has 190 valence electrons. The molecule has 1 heterocycles. The van der Waals surface area contributed by atoms with E-state index in [1.54, 1.807) is 21.9 Å². The van der Waals surface area contributed by atoms with Crippen LogP contribution in [0.15, 0.2) is 85.1 Å². The van der Waals surface area contributed by atoms with E-state index in [0.29, 0.717) is 32.4 Å². The number of H-pyrrole nitrogens is 1. The largest absolute Gasteiger partial charge is 0.361 e. The first-order valence-corrected chi connectivity index (χ1v) is 13.0. The van der Waals surface area contributed by atoms with Crippen LogP contribution in [-0.4, -0.2) is 45.7 Å². The molecule has 0 atom stereocenters. The molecule has 37 heavy (non-hydrogen) atoms. The minimum absolute atomic E-state index is 0.0260. The maximum absolute atomic E-state index is 13.6. The van der Waals surface area contributed by atoms with Crippen LogP contribution in [0, 0.1) is 5.82 Å². The third-order valence-electron chi connectivity index (χ3n) is 7.05. The first-order valence-electron chi connectivity index (χ1n) is 13.0. The number of nitrogens with zero attached hydrogens (tertiary/aromatic N) is 2. The van der Waals surface area contributed by atoms with Crippen molar-refractivity contribution < 1.29 is 14.0 Å². The predicted octanol–water partition coefficient (Wildman–Crippen LogP) is 5.50. The second-order valence-corrected chi connectivity index (χ2v) is 9.79. The summed E-state index contributed by atoms with van der Waals surface area (Å²) in [5.41, 5.74) is 4.19. The highest BCUT2D eigenvalue weighted by atomic mass is 19.1. The summed E-state index contributed by atoms with van der Waals surface area (Å²) in [6.45, 7) is 0.959. The summed E-state index contributed by atoms with van der Waals surface area (Å²) in [6, 6.07) is 24.5. The van der Waals surface area contributed by atoms with E-state index in [1.165, 1.54) is 12.1 Å². The van der Waals surface area contributed by atoms with Crippen LogP contribution in [0.1, 0.15) is 36.0 Å². The van der Waals surface area contributed by atoms with Gasteiger partial charge in [0, 0.05) is 42.7 Å². The van der Waals surface area contributed by atoms with E-state index < -0.39 is 0 Å². The zero-order chi connectivity index (χ0) is 25.6. The Labute approximate surface area is 216 Å². The van der Waals surface area contributed by atoms with Gasteiger partial charge < -0.3 is 14.8 Å². The van der Waals surface area contributed by atoms with Gasteiger partial charge in [-0.25, -0.2) is 4.39 Å². The van der Waals surface area contributed by atoms with E-state index in [0.717, 1.165) is 40.4 Å². The molecular weight excluding hydrogens is 465 g/mol. The molecule has 0 spiro atoms. The Morgan fingerprint density at radius 2 is 1.57 bits per heavy atom. The molecule has 5 nitrogen and oxygen atoms in total. The molecule has 1 aromatic heterocycles. The Hall–Kier alpha value is -3.93. The van der Waals surface area contributed by atoms with Crippen LogP contribution in [0.4, 0.5) is 4.39 Å². The summed E-state index contributed by atoms with van der Waals surface area (Å²) >= 11 is 0. The Morgan fingerprint density at radius 3 is 2.32 bits per heavy atom. The van der Waals surface area contributed by atoms with Gasteiger partial charge in [-0.3, -0.25) is 9.59 Å². The lowest BCUT2D eigenvalue weighted by Gasteiger charge is -2.28. The van der Waals surface area contributed by atoms with Crippen LogP contribution in [0.2, 0.25) is 0 Å². The molecule has 5 rings (SSSR count). The van der Waals surface area contributed by atoms with E-state index in [4.69, 9.17) is 0 Å². The highest BCUT2D eigenvalue weighted by Crippen LogP contribution is 2.28. The minimum Gasteiger partial charge on any atom is -0.361 e. The highest BCUT2D eigenvalue weighted by Gasteiger charge is 2.34. The maximum Gasteiger partial charge on any atom is 0.242 e. The predicted molar refractivity (Wildman–Crippen MR) is 143 cm³/mol. The van der Waals surface area contributed by atoms with E-state index in [9.17, 15) is 14.0 Å². The number of para-hydroxylation sites is 1. The molecule has 1 fully saturated rings. The SMILES string of the molecule is O=C(CN(C(=O)CCc1ccccc1)C1CC1)N(CCc1c[nH]c2ccccc12)Cc1ccc(F)cc1. The Balaban J connectivity index is 1.28. The topological polar surface area (TPSA) is 56.4 Å². The van der Waals surface area contributed by atoms with Crippen molar-refractivity contribution in [1.29, 1.82) is 0 Å². The van der Waals surface area contributed by atoms with E-state index >= 15 is 0 Å². The molecule has 4 aromatic rings. The molecular formula is C31H32FN3O2. The molecule has 1 N–H and O–H groups in total. The third kappa shape index (κ3) is 6.45. The number of hydrogen-bond donors (Lipinski definition) is 1. The molecule has 0 bridgehead atoms. The average Bonchev–Trinajstić information content (AvgIpc) is 3.69. The number of nitrogens with one attached hydrogen (secondary N) is 1. The molecule has 3 aromatic carbocycles. The highest BCUT2D eigenvalue weighted by molar-refractivity contribution is 5.86. The van der Waals surface area contributed by atoms with Gasteiger partial charge in [-0.05, 0) is 60.6 Å². The lowest BCUT2D eigenvalue weighted by Crippen LogP contribution is -2.44. The van der Waals surface area contributed by atoms with E-state index in [1.807, 2.05) is 54.7 Å². The van der Waals surface area contributed by atoms with Crippen molar-refractivity contribution in [2.24, 2.45) is 0 Å². The van der Waals surface area contributed by atoms with E-state index in [2.05, 4.69) is 11.1 Å². The van der Waals surface area contributed by atoms with Gasteiger partial charge >= 0.3 is 0 Å². The Morgan fingerprint density at radius 1 is 0.838 bits per heavy atom. The zero-order valence-corrected chi connectivity index (χ0v) is 20.9. The molecule has 1 saturated carbocycles. The van der Waals surface area contributed by atoms with E-state index in [-0.39, 0.29) is 30.2 Å². The fraction of sp³-hybridized carbons (Fsp3) is 0.290. The van der Waals surface area contributed by atoms with Gasteiger partial charge in [0.25, 0.3) is 0 Å². The van der Waals surface area contributed by atoms with Crippen LogP contribution < -0.4 is 0 Å². The number of rotatable bonds is 11.